The van der Waals surface area contributed by atoms with Gasteiger partial charge in [0.2, 0.25) is 0 Å². The summed E-state index contributed by atoms with van der Waals surface area (Å²) in [6, 6.07) is 21.2. The molecule has 0 radical (unpaired) electrons. The zero-order chi connectivity index (χ0) is 23.3. The van der Waals surface area contributed by atoms with E-state index in [0.29, 0.717) is 24.3 Å². The van der Waals surface area contributed by atoms with Crippen LogP contribution in [0.25, 0.3) is 0 Å². The quantitative estimate of drug-likeness (QED) is 0.485. The third-order valence-electron chi connectivity index (χ3n) is 5.64. The van der Waals surface area contributed by atoms with Gasteiger partial charge >= 0.3 is 0 Å². The van der Waals surface area contributed by atoms with Gasteiger partial charge in [-0.15, -0.1) is 0 Å². The van der Waals surface area contributed by atoms with E-state index < -0.39 is 9.84 Å². The highest BCUT2D eigenvalue weighted by Gasteiger charge is 2.25. The van der Waals surface area contributed by atoms with E-state index in [1.165, 1.54) is 24.3 Å². The molecule has 0 aromatic heterocycles. The topological polar surface area (TPSA) is 63.7 Å². The maximum absolute atomic E-state index is 13.7. The SMILES string of the molecule is O=C(c1cccc(S(=O)(=O)Cc2ccccc2)c1)N(Cc1cccc(F)c1)CC1CCCO1. The van der Waals surface area contributed by atoms with Crippen LogP contribution in [0.5, 0.6) is 0 Å². The Kier molecular flexibility index (Phi) is 7.20. The molecule has 1 amide bonds. The van der Waals surface area contributed by atoms with E-state index in [9.17, 15) is 17.6 Å². The predicted molar refractivity (Wildman–Crippen MR) is 124 cm³/mol. The Morgan fingerprint density at radius 2 is 1.73 bits per heavy atom. The van der Waals surface area contributed by atoms with Gasteiger partial charge in [0.1, 0.15) is 5.82 Å². The number of amides is 1. The highest BCUT2D eigenvalue weighted by molar-refractivity contribution is 7.90. The molecule has 33 heavy (non-hydrogen) atoms. The van der Waals surface area contributed by atoms with Gasteiger partial charge in [0.05, 0.1) is 16.8 Å². The standard InChI is InChI=1S/C26H26FNO4S/c27-23-11-4-9-21(15-23)17-28(18-24-12-6-14-32-24)26(29)22-10-5-13-25(16-22)33(30,31)19-20-7-2-1-3-8-20/h1-5,7-11,13,15-16,24H,6,12,14,17-19H2. The number of ether oxygens (including phenoxy) is 1. The highest BCUT2D eigenvalue weighted by Crippen LogP contribution is 2.21. The lowest BCUT2D eigenvalue weighted by Crippen LogP contribution is -2.37. The molecule has 0 saturated carbocycles. The summed E-state index contributed by atoms with van der Waals surface area (Å²) in [7, 11) is -3.63. The van der Waals surface area contributed by atoms with Crippen LogP contribution in [0.4, 0.5) is 4.39 Å². The average molecular weight is 468 g/mol. The third kappa shape index (κ3) is 6.06. The molecule has 5 nitrogen and oxygen atoms in total. The number of hydrogen-bond acceptors (Lipinski definition) is 4. The van der Waals surface area contributed by atoms with Crippen LogP contribution in [-0.2, 0) is 26.9 Å². The normalized spacial score (nSPS) is 16.0. The number of hydrogen-bond donors (Lipinski definition) is 0. The lowest BCUT2D eigenvalue weighted by atomic mass is 10.1. The Balaban J connectivity index is 1.58. The molecule has 0 aliphatic carbocycles. The molecule has 1 atom stereocenters. The summed E-state index contributed by atoms with van der Waals surface area (Å²) >= 11 is 0. The van der Waals surface area contributed by atoms with Crippen LogP contribution in [-0.4, -0.2) is 38.5 Å². The van der Waals surface area contributed by atoms with Crippen molar-refractivity contribution in [3.63, 3.8) is 0 Å². The lowest BCUT2D eigenvalue weighted by molar-refractivity contribution is 0.0507. The maximum atomic E-state index is 13.7. The Hall–Kier alpha value is -3.03. The van der Waals surface area contributed by atoms with Crippen molar-refractivity contribution in [1.29, 1.82) is 0 Å². The largest absolute Gasteiger partial charge is 0.376 e. The fourth-order valence-electron chi connectivity index (χ4n) is 3.99. The Morgan fingerprint density at radius 1 is 0.970 bits per heavy atom. The molecule has 1 aliphatic heterocycles. The monoisotopic (exact) mass is 467 g/mol. The molecule has 1 unspecified atom stereocenters. The third-order valence-corrected chi connectivity index (χ3v) is 7.32. The number of carbonyl (C=O) groups excluding carboxylic acids is 1. The molecule has 3 aromatic rings. The van der Waals surface area contributed by atoms with Crippen LogP contribution in [0.15, 0.2) is 83.8 Å². The van der Waals surface area contributed by atoms with Gasteiger partial charge in [-0.1, -0.05) is 48.5 Å². The van der Waals surface area contributed by atoms with Crippen molar-refractivity contribution in [1.82, 2.24) is 4.90 Å². The van der Waals surface area contributed by atoms with E-state index in [4.69, 9.17) is 4.74 Å². The fraction of sp³-hybridized carbons (Fsp3) is 0.269. The summed E-state index contributed by atoms with van der Waals surface area (Å²) in [6.07, 6.45) is 1.69. The van der Waals surface area contributed by atoms with Crippen LogP contribution in [0, 0.1) is 5.82 Å². The summed E-state index contributed by atoms with van der Waals surface area (Å²) in [6.45, 7) is 1.22. The summed E-state index contributed by atoms with van der Waals surface area (Å²) in [5, 5.41) is 0. The molecule has 1 saturated heterocycles. The van der Waals surface area contributed by atoms with Crippen molar-refractivity contribution in [2.75, 3.05) is 13.2 Å². The van der Waals surface area contributed by atoms with Crippen molar-refractivity contribution >= 4 is 15.7 Å². The van der Waals surface area contributed by atoms with E-state index in [-0.39, 0.29) is 40.6 Å². The van der Waals surface area contributed by atoms with E-state index in [1.54, 1.807) is 53.4 Å². The number of nitrogens with zero attached hydrogens (tertiary/aromatic N) is 1. The van der Waals surface area contributed by atoms with Gasteiger partial charge in [0.15, 0.2) is 9.84 Å². The van der Waals surface area contributed by atoms with Gasteiger partial charge in [-0.2, -0.15) is 0 Å². The lowest BCUT2D eigenvalue weighted by Gasteiger charge is -2.26. The number of carbonyl (C=O) groups is 1. The predicted octanol–water partition coefficient (Wildman–Crippen LogP) is 4.62. The maximum Gasteiger partial charge on any atom is 0.254 e. The first-order valence-electron chi connectivity index (χ1n) is 10.9. The summed E-state index contributed by atoms with van der Waals surface area (Å²) in [5.74, 6) is -0.827. The van der Waals surface area contributed by atoms with Crippen molar-refractivity contribution in [3.05, 3.63) is 101 Å². The van der Waals surface area contributed by atoms with Crippen molar-refractivity contribution < 1.29 is 22.3 Å². The molecule has 0 bridgehead atoms. The second-order valence-electron chi connectivity index (χ2n) is 8.22. The van der Waals surface area contributed by atoms with Crippen molar-refractivity contribution in [2.24, 2.45) is 0 Å². The Bertz CT molecular complexity index is 1210. The molecule has 0 spiro atoms. The first-order valence-corrected chi connectivity index (χ1v) is 12.6. The molecule has 3 aromatic carbocycles. The van der Waals surface area contributed by atoms with Crippen LogP contribution >= 0.6 is 0 Å². The van der Waals surface area contributed by atoms with Crippen LogP contribution in [0.3, 0.4) is 0 Å². The molecule has 172 valence electrons. The van der Waals surface area contributed by atoms with Crippen LogP contribution in [0.2, 0.25) is 0 Å². The van der Waals surface area contributed by atoms with Gasteiger partial charge in [-0.3, -0.25) is 4.79 Å². The Labute approximate surface area is 193 Å². The molecule has 1 fully saturated rings. The van der Waals surface area contributed by atoms with Crippen LogP contribution < -0.4 is 0 Å². The van der Waals surface area contributed by atoms with E-state index >= 15 is 0 Å². The first kappa shape index (κ1) is 23.1. The number of sulfone groups is 1. The second kappa shape index (κ2) is 10.3. The minimum Gasteiger partial charge on any atom is -0.376 e. The van der Waals surface area contributed by atoms with Gasteiger partial charge in [-0.05, 0) is 54.3 Å². The van der Waals surface area contributed by atoms with Crippen molar-refractivity contribution in [2.45, 2.75) is 36.1 Å². The summed E-state index contributed by atoms with van der Waals surface area (Å²) in [5.41, 5.74) is 1.62. The molecule has 1 heterocycles. The summed E-state index contributed by atoms with van der Waals surface area (Å²) in [4.78, 5) is 15.1. The van der Waals surface area contributed by atoms with Crippen molar-refractivity contribution in [3.8, 4) is 0 Å². The van der Waals surface area contributed by atoms with Gasteiger partial charge < -0.3 is 9.64 Å². The van der Waals surface area contributed by atoms with Gasteiger partial charge in [-0.25, -0.2) is 12.8 Å². The highest BCUT2D eigenvalue weighted by atomic mass is 32.2. The molecule has 7 heteroatoms. The fourth-order valence-corrected chi connectivity index (χ4v) is 5.38. The van der Waals surface area contributed by atoms with E-state index in [1.807, 2.05) is 6.07 Å². The average Bonchev–Trinajstić information content (AvgIpc) is 3.32. The minimum atomic E-state index is -3.63. The molecular formula is C26H26FNO4S. The van der Waals surface area contributed by atoms with E-state index in [2.05, 4.69) is 0 Å². The molecule has 0 N–H and O–H groups in total. The van der Waals surface area contributed by atoms with Crippen LogP contribution in [0.1, 0.15) is 34.3 Å². The first-order chi connectivity index (χ1) is 15.9. The van der Waals surface area contributed by atoms with Gasteiger partial charge in [0.25, 0.3) is 5.91 Å². The molecule has 1 aliphatic rings. The zero-order valence-corrected chi connectivity index (χ0v) is 19.0. The zero-order valence-electron chi connectivity index (χ0n) is 18.2. The minimum absolute atomic E-state index is 0.0903. The second-order valence-corrected chi connectivity index (χ2v) is 10.2. The molecule has 4 rings (SSSR count). The van der Waals surface area contributed by atoms with E-state index in [0.717, 1.165) is 12.8 Å². The summed E-state index contributed by atoms with van der Waals surface area (Å²) < 4.78 is 45.4. The number of rotatable bonds is 8. The van der Waals surface area contributed by atoms with Gasteiger partial charge in [0, 0.05) is 25.3 Å². The number of halogens is 1. The number of benzene rings is 3. The Morgan fingerprint density at radius 3 is 2.45 bits per heavy atom. The smallest absolute Gasteiger partial charge is 0.254 e. The molecular weight excluding hydrogens is 441 g/mol.